The van der Waals surface area contributed by atoms with E-state index in [0.717, 1.165) is 32.5 Å². The van der Waals surface area contributed by atoms with Crippen molar-refractivity contribution in [3.05, 3.63) is 71.3 Å². The van der Waals surface area contributed by atoms with Crippen molar-refractivity contribution in [3.63, 3.8) is 0 Å². The molecule has 1 saturated heterocycles. The number of benzene rings is 2. The lowest BCUT2D eigenvalue weighted by atomic mass is 9.77. The highest BCUT2D eigenvalue weighted by molar-refractivity contribution is 5.81. The first-order chi connectivity index (χ1) is 14.5. The van der Waals surface area contributed by atoms with E-state index in [4.69, 9.17) is 9.84 Å². The van der Waals surface area contributed by atoms with E-state index in [1.807, 2.05) is 12.1 Å². The van der Waals surface area contributed by atoms with Crippen LogP contribution in [0.3, 0.4) is 0 Å². The summed E-state index contributed by atoms with van der Waals surface area (Å²) in [7, 11) is 0. The van der Waals surface area contributed by atoms with Crippen LogP contribution in [0.4, 0.5) is 0 Å². The molecule has 1 amide bonds. The van der Waals surface area contributed by atoms with Crippen LogP contribution in [0.25, 0.3) is 0 Å². The number of nitrogens with zero attached hydrogens (tertiary/aromatic N) is 1. The third kappa shape index (κ3) is 4.71. The van der Waals surface area contributed by atoms with E-state index in [1.54, 1.807) is 0 Å². The molecule has 2 aliphatic rings. The maximum Gasteiger partial charge on any atom is 0.322 e. The number of nitrogens with one attached hydrogen (secondary N) is 1. The van der Waals surface area contributed by atoms with Crippen LogP contribution in [0.1, 0.15) is 36.0 Å². The van der Waals surface area contributed by atoms with Crippen molar-refractivity contribution in [1.29, 1.82) is 0 Å². The Kier molecular flexibility index (Phi) is 6.16. The Labute approximate surface area is 176 Å². The summed E-state index contributed by atoms with van der Waals surface area (Å²) >= 11 is 0. The molecule has 1 unspecified atom stereocenters. The minimum Gasteiger partial charge on any atom is -0.480 e. The Morgan fingerprint density at radius 3 is 2.50 bits per heavy atom. The van der Waals surface area contributed by atoms with E-state index < -0.39 is 5.97 Å². The van der Waals surface area contributed by atoms with E-state index in [-0.39, 0.29) is 30.6 Å². The number of piperidine rings is 1. The summed E-state index contributed by atoms with van der Waals surface area (Å²) in [5.74, 6) is -1.32. The number of hydrogen-bond donors (Lipinski definition) is 2. The molecule has 0 saturated carbocycles. The van der Waals surface area contributed by atoms with Crippen molar-refractivity contribution < 1.29 is 19.4 Å². The van der Waals surface area contributed by atoms with Gasteiger partial charge in [0.2, 0.25) is 5.91 Å². The van der Waals surface area contributed by atoms with Crippen molar-refractivity contribution in [2.75, 3.05) is 19.6 Å². The third-order valence-corrected chi connectivity index (χ3v) is 6.11. The standard InChI is InChI=1S/C24H28N2O4/c27-22(25-16-23(28)29)15-20-14-19-8-4-5-9-21(19)24(30-20)10-12-26(13-11-24)17-18-6-2-1-3-7-18/h1-9,20H,10-17H2,(H,25,27)(H,28,29). The minimum atomic E-state index is -1.04. The summed E-state index contributed by atoms with van der Waals surface area (Å²) in [5, 5.41) is 11.2. The lowest BCUT2D eigenvalue weighted by Gasteiger charge is -2.47. The molecule has 2 aromatic rings. The van der Waals surface area contributed by atoms with Gasteiger partial charge in [-0.1, -0.05) is 54.6 Å². The zero-order valence-electron chi connectivity index (χ0n) is 17.0. The molecule has 2 aromatic carbocycles. The Bertz CT molecular complexity index is 891. The molecule has 4 rings (SSSR count). The SMILES string of the molecule is O=C(O)CNC(=O)CC1Cc2ccccc2C2(CCN(Cc3ccccc3)CC2)O1. The summed E-state index contributed by atoms with van der Waals surface area (Å²) in [6, 6.07) is 18.9. The van der Waals surface area contributed by atoms with E-state index >= 15 is 0 Å². The fourth-order valence-electron chi connectivity index (χ4n) is 4.68. The first-order valence-corrected chi connectivity index (χ1v) is 10.5. The van der Waals surface area contributed by atoms with Crippen molar-refractivity contribution in [2.24, 2.45) is 0 Å². The number of carboxylic acid groups (broad SMARTS) is 1. The van der Waals surface area contributed by atoms with E-state index in [0.29, 0.717) is 6.42 Å². The number of hydrogen-bond acceptors (Lipinski definition) is 4. The molecule has 6 nitrogen and oxygen atoms in total. The van der Waals surface area contributed by atoms with Crippen LogP contribution in [0.2, 0.25) is 0 Å². The number of carboxylic acids is 1. The maximum atomic E-state index is 12.2. The predicted molar refractivity (Wildman–Crippen MR) is 113 cm³/mol. The molecule has 158 valence electrons. The van der Waals surface area contributed by atoms with Gasteiger partial charge in [-0.05, 0) is 36.0 Å². The zero-order valence-corrected chi connectivity index (χ0v) is 17.0. The average molecular weight is 408 g/mol. The van der Waals surface area contributed by atoms with E-state index in [1.165, 1.54) is 16.7 Å². The molecular formula is C24H28N2O4. The molecule has 0 bridgehead atoms. The van der Waals surface area contributed by atoms with Crippen molar-refractivity contribution in [3.8, 4) is 0 Å². The molecule has 1 fully saturated rings. The molecule has 2 aliphatic heterocycles. The number of carbonyl (C=O) groups excluding carboxylic acids is 1. The first kappa shape index (κ1) is 20.6. The average Bonchev–Trinajstić information content (AvgIpc) is 2.75. The molecular weight excluding hydrogens is 380 g/mol. The molecule has 6 heteroatoms. The fraction of sp³-hybridized carbons (Fsp3) is 0.417. The van der Waals surface area contributed by atoms with Crippen molar-refractivity contribution in [1.82, 2.24) is 10.2 Å². The van der Waals surface area contributed by atoms with Gasteiger partial charge in [0, 0.05) is 19.6 Å². The monoisotopic (exact) mass is 408 g/mol. The van der Waals surface area contributed by atoms with Crippen LogP contribution in [0.15, 0.2) is 54.6 Å². The van der Waals surface area contributed by atoms with Crippen LogP contribution in [0.5, 0.6) is 0 Å². The summed E-state index contributed by atoms with van der Waals surface area (Å²) in [6.07, 6.45) is 2.37. The van der Waals surface area contributed by atoms with Gasteiger partial charge in [0.15, 0.2) is 0 Å². The van der Waals surface area contributed by atoms with Gasteiger partial charge in [-0.3, -0.25) is 14.5 Å². The number of fused-ring (bicyclic) bond motifs is 2. The number of likely N-dealkylation sites (tertiary alicyclic amines) is 1. The largest absolute Gasteiger partial charge is 0.480 e. The van der Waals surface area contributed by atoms with Gasteiger partial charge in [-0.15, -0.1) is 0 Å². The molecule has 30 heavy (non-hydrogen) atoms. The van der Waals surface area contributed by atoms with Gasteiger partial charge in [0.05, 0.1) is 18.1 Å². The Balaban J connectivity index is 1.45. The quantitative estimate of drug-likeness (QED) is 0.768. The lowest BCUT2D eigenvalue weighted by Crippen LogP contribution is -2.49. The number of rotatable bonds is 6. The second-order valence-electron chi connectivity index (χ2n) is 8.23. The number of amides is 1. The van der Waals surface area contributed by atoms with Crippen LogP contribution in [0, 0.1) is 0 Å². The smallest absolute Gasteiger partial charge is 0.322 e. The van der Waals surface area contributed by atoms with Gasteiger partial charge in [-0.2, -0.15) is 0 Å². The molecule has 0 aromatic heterocycles. The Hall–Kier alpha value is -2.70. The normalized spacial score (nSPS) is 20.5. The van der Waals surface area contributed by atoms with Gasteiger partial charge in [0.25, 0.3) is 0 Å². The lowest BCUT2D eigenvalue weighted by molar-refractivity contribution is -0.151. The van der Waals surface area contributed by atoms with Gasteiger partial charge in [0.1, 0.15) is 6.54 Å². The Morgan fingerprint density at radius 1 is 1.07 bits per heavy atom. The molecule has 0 aliphatic carbocycles. The second-order valence-corrected chi connectivity index (χ2v) is 8.23. The third-order valence-electron chi connectivity index (χ3n) is 6.11. The second kappa shape index (κ2) is 8.98. The topological polar surface area (TPSA) is 78.9 Å². The number of carbonyl (C=O) groups is 2. The van der Waals surface area contributed by atoms with Gasteiger partial charge in [-0.25, -0.2) is 0 Å². The molecule has 1 spiro atoms. The molecule has 2 heterocycles. The van der Waals surface area contributed by atoms with Crippen molar-refractivity contribution >= 4 is 11.9 Å². The molecule has 2 N–H and O–H groups in total. The molecule has 0 radical (unpaired) electrons. The first-order valence-electron chi connectivity index (χ1n) is 10.5. The fourth-order valence-corrected chi connectivity index (χ4v) is 4.68. The summed E-state index contributed by atoms with van der Waals surface area (Å²) in [4.78, 5) is 25.4. The van der Waals surface area contributed by atoms with Gasteiger partial charge < -0.3 is 15.2 Å². The van der Waals surface area contributed by atoms with E-state index in [2.05, 4.69) is 52.7 Å². The minimum absolute atomic E-state index is 0.178. The van der Waals surface area contributed by atoms with Crippen LogP contribution in [-0.4, -0.2) is 47.6 Å². The zero-order chi connectivity index (χ0) is 21.0. The summed E-state index contributed by atoms with van der Waals surface area (Å²) < 4.78 is 6.58. The highest BCUT2D eigenvalue weighted by Crippen LogP contribution is 2.44. The van der Waals surface area contributed by atoms with Gasteiger partial charge >= 0.3 is 5.97 Å². The highest BCUT2D eigenvalue weighted by atomic mass is 16.5. The van der Waals surface area contributed by atoms with E-state index in [9.17, 15) is 9.59 Å². The van der Waals surface area contributed by atoms with Crippen LogP contribution >= 0.6 is 0 Å². The van der Waals surface area contributed by atoms with Crippen molar-refractivity contribution in [2.45, 2.75) is 43.9 Å². The van der Waals surface area contributed by atoms with Crippen LogP contribution < -0.4 is 5.32 Å². The summed E-state index contributed by atoms with van der Waals surface area (Å²) in [6.45, 7) is 2.43. The number of ether oxygens (including phenoxy) is 1. The number of aliphatic carboxylic acids is 1. The Morgan fingerprint density at radius 2 is 1.77 bits per heavy atom. The molecule has 1 atom stereocenters. The summed E-state index contributed by atoms with van der Waals surface area (Å²) in [5.41, 5.74) is 3.41. The maximum absolute atomic E-state index is 12.2. The van der Waals surface area contributed by atoms with Crippen LogP contribution in [-0.2, 0) is 32.9 Å². The highest BCUT2D eigenvalue weighted by Gasteiger charge is 2.43. The predicted octanol–water partition coefficient (Wildman–Crippen LogP) is 2.71.